The second-order valence-corrected chi connectivity index (χ2v) is 4.88. The van der Waals surface area contributed by atoms with Crippen molar-refractivity contribution in [2.24, 2.45) is 0 Å². The molecule has 0 aliphatic rings. The van der Waals surface area contributed by atoms with Crippen molar-refractivity contribution in [3.8, 4) is 0 Å². The molecule has 0 unspecified atom stereocenters. The number of aryl methyl sites for hydroxylation is 1. The van der Waals surface area contributed by atoms with E-state index in [1.54, 1.807) is 12.1 Å². The maximum Gasteiger partial charge on any atom is 0.335 e. The van der Waals surface area contributed by atoms with Crippen molar-refractivity contribution in [1.29, 1.82) is 0 Å². The molecule has 0 amide bonds. The zero-order valence-corrected chi connectivity index (χ0v) is 11.8. The van der Waals surface area contributed by atoms with E-state index in [9.17, 15) is 4.79 Å². The third-order valence-electron chi connectivity index (χ3n) is 3.12. The number of rotatable bonds is 6. The maximum atomic E-state index is 10.8. The highest BCUT2D eigenvalue weighted by atomic mass is 16.4. The molecule has 106 valence electrons. The SMILES string of the molecule is CCn1cc(CN(C)Cc2ccc(C(=O)O)cc2)cn1. The molecular weight excluding hydrogens is 254 g/mol. The number of nitrogens with zero attached hydrogens (tertiary/aromatic N) is 3. The van der Waals surface area contributed by atoms with Gasteiger partial charge in [0.1, 0.15) is 0 Å². The molecule has 0 saturated heterocycles. The van der Waals surface area contributed by atoms with Gasteiger partial charge in [-0.2, -0.15) is 5.10 Å². The third-order valence-corrected chi connectivity index (χ3v) is 3.12. The van der Waals surface area contributed by atoms with E-state index < -0.39 is 5.97 Å². The van der Waals surface area contributed by atoms with Crippen LogP contribution < -0.4 is 0 Å². The van der Waals surface area contributed by atoms with Gasteiger partial charge in [-0.15, -0.1) is 0 Å². The van der Waals surface area contributed by atoms with Gasteiger partial charge in [0.15, 0.2) is 0 Å². The number of carboxylic acid groups (broad SMARTS) is 1. The normalized spacial score (nSPS) is 10.9. The Kier molecular flexibility index (Phi) is 4.53. The molecule has 0 spiro atoms. The Balaban J connectivity index is 1.93. The first-order valence-electron chi connectivity index (χ1n) is 6.60. The third kappa shape index (κ3) is 3.68. The van der Waals surface area contributed by atoms with Crippen LogP contribution in [-0.2, 0) is 19.6 Å². The fourth-order valence-electron chi connectivity index (χ4n) is 2.09. The van der Waals surface area contributed by atoms with Crippen LogP contribution in [0.15, 0.2) is 36.7 Å². The van der Waals surface area contributed by atoms with Gasteiger partial charge < -0.3 is 5.11 Å². The lowest BCUT2D eigenvalue weighted by atomic mass is 10.1. The van der Waals surface area contributed by atoms with Crippen molar-refractivity contribution < 1.29 is 9.90 Å². The van der Waals surface area contributed by atoms with E-state index in [0.29, 0.717) is 5.56 Å². The summed E-state index contributed by atoms with van der Waals surface area (Å²) in [7, 11) is 2.04. The van der Waals surface area contributed by atoms with Gasteiger partial charge in [0.2, 0.25) is 0 Å². The van der Waals surface area contributed by atoms with Crippen molar-refractivity contribution in [3.63, 3.8) is 0 Å². The molecule has 0 atom stereocenters. The Hall–Kier alpha value is -2.14. The molecule has 0 bridgehead atoms. The van der Waals surface area contributed by atoms with Gasteiger partial charge in [-0.25, -0.2) is 4.79 Å². The van der Waals surface area contributed by atoms with Crippen molar-refractivity contribution in [3.05, 3.63) is 53.3 Å². The fraction of sp³-hybridized carbons (Fsp3) is 0.333. The highest BCUT2D eigenvalue weighted by Gasteiger charge is 2.06. The number of benzene rings is 1. The molecule has 1 N–H and O–H groups in total. The molecule has 2 rings (SSSR count). The van der Waals surface area contributed by atoms with Crippen LogP contribution in [0.25, 0.3) is 0 Å². The minimum absolute atomic E-state index is 0.320. The maximum absolute atomic E-state index is 10.8. The smallest absolute Gasteiger partial charge is 0.335 e. The average Bonchev–Trinajstić information content (AvgIpc) is 2.86. The molecular formula is C15H19N3O2. The van der Waals surface area contributed by atoms with Gasteiger partial charge in [0, 0.05) is 31.4 Å². The molecule has 1 aromatic heterocycles. The van der Waals surface area contributed by atoms with E-state index in [4.69, 9.17) is 5.11 Å². The second kappa shape index (κ2) is 6.34. The average molecular weight is 273 g/mol. The molecule has 1 heterocycles. The quantitative estimate of drug-likeness (QED) is 0.877. The summed E-state index contributed by atoms with van der Waals surface area (Å²) in [5, 5.41) is 13.1. The van der Waals surface area contributed by atoms with Gasteiger partial charge in [-0.3, -0.25) is 9.58 Å². The summed E-state index contributed by atoms with van der Waals surface area (Å²) < 4.78 is 1.91. The van der Waals surface area contributed by atoms with Gasteiger partial charge in [0.25, 0.3) is 0 Å². The van der Waals surface area contributed by atoms with Gasteiger partial charge >= 0.3 is 5.97 Å². The summed E-state index contributed by atoms with van der Waals surface area (Å²) in [4.78, 5) is 13.0. The summed E-state index contributed by atoms with van der Waals surface area (Å²) in [5.41, 5.74) is 2.59. The molecule has 0 aliphatic carbocycles. The standard InChI is InChI=1S/C15H19N3O2/c1-3-18-11-13(8-16-18)10-17(2)9-12-4-6-14(7-5-12)15(19)20/h4-8,11H,3,9-10H2,1-2H3,(H,19,20). The van der Waals surface area contributed by atoms with Crippen molar-refractivity contribution >= 4 is 5.97 Å². The van der Waals surface area contributed by atoms with Gasteiger partial charge in [0.05, 0.1) is 11.8 Å². The Bertz CT molecular complexity index is 575. The summed E-state index contributed by atoms with van der Waals surface area (Å²) in [6, 6.07) is 6.99. The Labute approximate surface area is 118 Å². The van der Waals surface area contributed by atoms with Crippen LogP contribution in [-0.4, -0.2) is 32.8 Å². The predicted octanol–water partition coefficient (Wildman–Crippen LogP) is 2.23. The number of aromatic carboxylic acids is 1. The molecule has 5 heteroatoms. The minimum atomic E-state index is -0.892. The summed E-state index contributed by atoms with van der Waals surface area (Å²) in [6.07, 6.45) is 3.93. The first-order chi connectivity index (χ1) is 9.58. The van der Waals surface area contributed by atoms with E-state index in [-0.39, 0.29) is 0 Å². The Morgan fingerprint density at radius 1 is 1.25 bits per heavy atom. The first-order valence-corrected chi connectivity index (χ1v) is 6.60. The van der Waals surface area contributed by atoms with E-state index >= 15 is 0 Å². The molecule has 2 aromatic rings. The van der Waals surface area contributed by atoms with Crippen LogP contribution in [0.2, 0.25) is 0 Å². The van der Waals surface area contributed by atoms with Crippen molar-refractivity contribution in [1.82, 2.24) is 14.7 Å². The lowest BCUT2D eigenvalue weighted by molar-refractivity contribution is 0.0697. The number of carbonyl (C=O) groups is 1. The molecule has 0 radical (unpaired) electrons. The molecule has 1 aromatic carbocycles. The summed E-state index contributed by atoms with van der Waals surface area (Å²) in [6.45, 7) is 4.53. The summed E-state index contributed by atoms with van der Waals surface area (Å²) in [5.74, 6) is -0.892. The van der Waals surface area contributed by atoms with Crippen LogP contribution in [0.1, 0.15) is 28.4 Å². The number of carboxylic acids is 1. The Morgan fingerprint density at radius 3 is 2.45 bits per heavy atom. The molecule has 20 heavy (non-hydrogen) atoms. The topological polar surface area (TPSA) is 58.4 Å². The summed E-state index contributed by atoms with van der Waals surface area (Å²) >= 11 is 0. The monoisotopic (exact) mass is 273 g/mol. The van der Waals surface area contributed by atoms with Crippen LogP contribution in [0.4, 0.5) is 0 Å². The van der Waals surface area contributed by atoms with E-state index in [2.05, 4.69) is 16.9 Å². The van der Waals surface area contributed by atoms with E-state index in [1.807, 2.05) is 36.3 Å². The predicted molar refractivity (Wildman–Crippen MR) is 76.5 cm³/mol. The van der Waals surface area contributed by atoms with Crippen molar-refractivity contribution in [2.75, 3.05) is 7.05 Å². The Morgan fingerprint density at radius 2 is 1.90 bits per heavy atom. The minimum Gasteiger partial charge on any atom is -0.478 e. The fourth-order valence-corrected chi connectivity index (χ4v) is 2.09. The number of hydrogen-bond donors (Lipinski definition) is 1. The van der Waals surface area contributed by atoms with Gasteiger partial charge in [-0.05, 0) is 31.7 Å². The molecule has 0 fully saturated rings. The lowest BCUT2D eigenvalue weighted by Crippen LogP contribution is -2.17. The second-order valence-electron chi connectivity index (χ2n) is 4.88. The highest BCUT2D eigenvalue weighted by Crippen LogP contribution is 2.09. The van der Waals surface area contributed by atoms with Crippen LogP contribution in [0.3, 0.4) is 0 Å². The molecule has 5 nitrogen and oxygen atoms in total. The molecule has 0 aliphatic heterocycles. The molecule has 0 saturated carbocycles. The van der Waals surface area contributed by atoms with Crippen LogP contribution >= 0.6 is 0 Å². The van der Waals surface area contributed by atoms with E-state index in [1.165, 1.54) is 5.56 Å². The number of hydrogen-bond acceptors (Lipinski definition) is 3. The lowest BCUT2D eigenvalue weighted by Gasteiger charge is -2.15. The zero-order valence-electron chi connectivity index (χ0n) is 11.8. The number of aromatic nitrogens is 2. The van der Waals surface area contributed by atoms with E-state index in [0.717, 1.165) is 25.2 Å². The van der Waals surface area contributed by atoms with Crippen molar-refractivity contribution in [2.45, 2.75) is 26.6 Å². The van der Waals surface area contributed by atoms with Crippen LogP contribution in [0, 0.1) is 0 Å². The van der Waals surface area contributed by atoms with Crippen LogP contribution in [0.5, 0.6) is 0 Å². The first kappa shape index (κ1) is 14.3. The largest absolute Gasteiger partial charge is 0.478 e. The van der Waals surface area contributed by atoms with Gasteiger partial charge in [-0.1, -0.05) is 12.1 Å². The highest BCUT2D eigenvalue weighted by molar-refractivity contribution is 5.87. The zero-order chi connectivity index (χ0) is 14.5.